The summed E-state index contributed by atoms with van der Waals surface area (Å²) in [5.74, 6) is -0.349. The standard InChI is InChI=1S/C22H23N3O2S/c1-15-8-7-9-16(2)21(15)24-19(26)13-25(3)20(27)12-18-14-28-22(23-18)17-10-5-4-6-11-17/h4-11,14H,12-13H2,1-3H3,(H,24,26). The van der Waals surface area contributed by atoms with Gasteiger partial charge in [0.25, 0.3) is 0 Å². The van der Waals surface area contributed by atoms with E-state index in [0.29, 0.717) is 0 Å². The van der Waals surface area contributed by atoms with Crippen molar-refractivity contribution in [1.82, 2.24) is 9.88 Å². The molecule has 1 heterocycles. The molecular formula is C22H23N3O2S. The molecule has 0 atom stereocenters. The highest BCUT2D eigenvalue weighted by atomic mass is 32.1. The summed E-state index contributed by atoms with van der Waals surface area (Å²) in [6.45, 7) is 3.90. The van der Waals surface area contributed by atoms with Gasteiger partial charge in [-0.2, -0.15) is 0 Å². The molecule has 0 saturated carbocycles. The van der Waals surface area contributed by atoms with Gasteiger partial charge < -0.3 is 10.2 Å². The van der Waals surface area contributed by atoms with Crippen LogP contribution in [-0.2, 0) is 16.0 Å². The van der Waals surface area contributed by atoms with Crippen LogP contribution in [0.25, 0.3) is 10.6 Å². The van der Waals surface area contributed by atoms with E-state index in [1.165, 1.54) is 16.2 Å². The van der Waals surface area contributed by atoms with Crippen molar-refractivity contribution in [3.05, 3.63) is 70.7 Å². The Balaban J connectivity index is 1.57. The van der Waals surface area contributed by atoms with Gasteiger partial charge in [-0.3, -0.25) is 9.59 Å². The van der Waals surface area contributed by atoms with E-state index >= 15 is 0 Å². The lowest BCUT2D eigenvalue weighted by atomic mass is 10.1. The van der Waals surface area contributed by atoms with Gasteiger partial charge in [-0.25, -0.2) is 4.98 Å². The molecule has 0 bridgehead atoms. The summed E-state index contributed by atoms with van der Waals surface area (Å²) in [6, 6.07) is 15.7. The zero-order valence-electron chi connectivity index (χ0n) is 16.2. The molecule has 28 heavy (non-hydrogen) atoms. The average Bonchev–Trinajstić information content (AvgIpc) is 3.14. The van der Waals surface area contributed by atoms with Crippen molar-refractivity contribution in [2.24, 2.45) is 0 Å². The van der Waals surface area contributed by atoms with Gasteiger partial charge in [-0.1, -0.05) is 48.5 Å². The quantitative estimate of drug-likeness (QED) is 0.687. The molecule has 3 aromatic rings. The third-order valence-corrected chi connectivity index (χ3v) is 5.40. The van der Waals surface area contributed by atoms with Gasteiger partial charge in [-0.05, 0) is 25.0 Å². The van der Waals surface area contributed by atoms with Crippen LogP contribution in [0.5, 0.6) is 0 Å². The van der Waals surface area contributed by atoms with Crippen LogP contribution in [0.3, 0.4) is 0 Å². The predicted octanol–water partition coefficient (Wildman–Crippen LogP) is 4.07. The van der Waals surface area contributed by atoms with Crippen LogP contribution < -0.4 is 5.32 Å². The first-order valence-corrected chi connectivity index (χ1v) is 9.92. The average molecular weight is 394 g/mol. The zero-order chi connectivity index (χ0) is 20.1. The Morgan fingerprint density at radius 1 is 1.04 bits per heavy atom. The fraction of sp³-hybridized carbons (Fsp3) is 0.227. The summed E-state index contributed by atoms with van der Waals surface area (Å²) in [4.78, 5) is 30.8. The van der Waals surface area contributed by atoms with Crippen molar-refractivity contribution < 1.29 is 9.59 Å². The topological polar surface area (TPSA) is 62.3 Å². The van der Waals surface area contributed by atoms with Crippen LogP contribution in [0.15, 0.2) is 53.9 Å². The van der Waals surface area contributed by atoms with Crippen molar-refractivity contribution in [2.45, 2.75) is 20.3 Å². The van der Waals surface area contributed by atoms with Crippen LogP contribution >= 0.6 is 11.3 Å². The number of aromatic nitrogens is 1. The second-order valence-corrected chi connectivity index (χ2v) is 7.61. The van der Waals surface area contributed by atoms with E-state index in [1.54, 1.807) is 7.05 Å². The number of thiazole rings is 1. The molecule has 2 aromatic carbocycles. The summed E-state index contributed by atoms with van der Waals surface area (Å²) in [6.07, 6.45) is 0.177. The molecule has 144 valence electrons. The number of anilines is 1. The number of nitrogens with one attached hydrogen (secondary N) is 1. The van der Waals surface area contributed by atoms with E-state index in [4.69, 9.17) is 0 Å². The highest BCUT2D eigenvalue weighted by Crippen LogP contribution is 2.23. The van der Waals surface area contributed by atoms with Crippen molar-refractivity contribution in [3.8, 4) is 10.6 Å². The molecule has 0 aliphatic heterocycles. The Kier molecular flexibility index (Phi) is 6.21. The zero-order valence-corrected chi connectivity index (χ0v) is 17.0. The SMILES string of the molecule is Cc1cccc(C)c1NC(=O)CN(C)C(=O)Cc1csc(-c2ccccc2)n1. The molecule has 6 heteroatoms. The second-order valence-electron chi connectivity index (χ2n) is 6.75. The Morgan fingerprint density at radius 3 is 2.39 bits per heavy atom. The fourth-order valence-electron chi connectivity index (χ4n) is 2.89. The van der Waals surface area contributed by atoms with Gasteiger partial charge >= 0.3 is 0 Å². The molecule has 3 rings (SSSR count). The van der Waals surface area contributed by atoms with E-state index in [9.17, 15) is 9.59 Å². The maximum absolute atomic E-state index is 12.5. The summed E-state index contributed by atoms with van der Waals surface area (Å²) < 4.78 is 0. The number of hydrogen-bond donors (Lipinski definition) is 1. The molecule has 1 N–H and O–H groups in total. The minimum atomic E-state index is -0.212. The number of para-hydroxylation sites is 1. The van der Waals surface area contributed by atoms with Gasteiger partial charge in [0, 0.05) is 23.7 Å². The van der Waals surface area contributed by atoms with Crippen LogP contribution in [0.1, 0.15) is 16.8 Å². The first kappa shape index (κ1) is 19.8. The Bertz CT molecular complexity index is 962. The maximum atomic E-state index is 12.5. The highest BCUT2D eigenvalue weighted by molar-refractivity contribution is 7.13. The highest BCUT2D eigenvalue weighted by Gasteiger charge is 2.16. The summed E-state index contributed by atoms with van der Waals surface area (Å²) >= 11 is 1.51. The minimum absolute atomic E-state index is 0.00227. The third-order valence-electron chi connectivity index (χ3n) is 4.46. The molecule has 5 nitrogen and oxygen atoms in total. The lowest BCUT2D eigenvalue weighted by Gasteiger charge is -2.17. The Hall–Kier alpha value is -2.99. The largest absolute Gasteiger partial charge is 0.336 e. The monoisotopic (exact) mass is 393 g/mol. The van der Waals surface area contributed by atoms with Gasteiger partial charge in [0.05, 0.1) is 18.7 Å². The third kappa shape index (κ3) is 4.84. The summed E-state index contributed by atoms with van der Waals surface area (Å²) in [5, 5.41) is 5.69. The van der Waals surface area contributed by atoms with Gasteiger partial charge in [0.2, 0.25) is 11.8 Å². The summed E-state index contributed by atoms with van der Waals surface area (Å²) in [5.41, 5.74) is 4.56. The lowest BCUT2D eigenvalue weighted by Crippen LogP contribution is -2.36. The first-order chi connectivity index (χ1) is 13.4. The number of benzene rings is 2. The molecular weight excluding hydrogens is 370 g/mol. The Labute approximate surface area is 169 Å². The Morgan fingerprint density at radius 2 is 1.71 bits per heavy atom. The van der Waals surface area contributed by atoms with Crippen LogP contribution in [-0.4, -0.2) is 35.3 Å². The number of aryl methyl sites for hydroxylation is 2. The van der Waals surface area contributed by atoms with E-state index in [-0.39, 0.29) is 24.8 Å². The molecule has 0 unspecified atom stereocenters. The van der Waals surface area contributed by atoms with Crippen LogP contribution in [0, 0.1) is 13.8 Å². The number of carbonyl (C=O) groups is 2. The molecule has 0 spiro atoms. The molecule has 0 fully saturated rings. The van der Waals surface area contributed by atoms with Crippen molar-refractivity contribution in [3.63, 3.8) is 0 Å². The normalized spacial score (nSPS) is 10.5. The summed E-state index contributed by atoms with van der Waals surface area (Å²) in [7, 11) is 1.64. The number of rotatable bonds is 6. The molecule has 0 aliphatic carbocycles. The molecule has 1 aromatic heterocycles. The predicted molar refractivity (Wildman–Crippen MR) is 113 cm³/mol. The molecule has 0 aliphatic rings. The molecule has 0 saturated heterocycles. The lowest BCUT2D eigenvalue weighted by molar-refractivity contribution is -0.132. The fourth-order valence-corrected chi connectivity index (χ4v) is 3.71. The van der Waals surface area contributed by atoms with Gasteiger partial charge in [0.1, 0.15) is 5.01 Å². The molecule has 2 amide bonds. The van der Waals surface area contributed by atoms with E-state index in [1.807, 2.05) is 67.8 Å². The maximum Gasteiger partial charge on any atom is 0.243 e. The van der Waals surface area contributed by atoms with Gasteiger partial charge in [-0.15, -0.1) is 11.3 Å². The first-order valence-electron chi connectivity index (χ1n) is 9.04. The number of likely N-dealkylation sites (N-methyl/N-ethyl adjacent to an activating group) is 1. The molecule has 0 radical (unpaired) electrons. The second kappa shape index (κ2) is 8.80. The number of nitrogens with zero attached hydrogens (tertiary/aromatic N) is 2. The van der Waals surface area contributed by atoms with Crippen LogP contribution in [0.2, 0.25) is 0 Å². The van der Waals surface area contributed by atoms with Crippen molar-refractivity contribution >= 4 is 28.8 Å². The minimum Gasteiger partial charge on any atom is -0.336 e. The number of carbonyl (C=O) groups excluding carboxylic acids is 2. The van der Waals surface area contributed by atoms with Gasteiger partial charge in [0.15, 0.2) is 0 Å². The van der Waals surface area contributed by atoms with Crippen molar-refractivity contribution in [1.29, 1.82) is 0 Å². The van der Waals surface area contributed by atoms with Crippen molar-refractivity contribution in [2.75, 3.05) is 18.9 Å². The van der Waals surface area contributed by atoms with E-state index in [2.05, 4.69) is 10.3 Å². The smallest absolute Gasteiger partial charge is 0.243 e. The number of amides is 2. The van der Waals surface area contributed by atoms with E-state index < -0.39 is 0 Å². The van der Waals surface area contributed by atoms with Crippen LogP contribution in [0.4, 0.5) is 5.69 Å². The number of hydrogen-bond acceptors (Lipinski definition) is 4. The van der Waals surface area contributed by atoms with E-state index in [0.717, 1.165) is 33.1 Å².